The zero-order chi connectivity index (χ0) is 22.8. The first-order chi connectivity index (χ1) is 15.5. The summed E-state index contributed by atoms with van der Waals surface area (Å²) in [5.74, 6) is -0.412. The molecule has 32 heavy (non-hydrogen) atoms. The highest BCUT2D eigenvalue weighted by Gasteiger charge is 2.22. The number of hydrogen-bond acceptors (Lipinski definition) is 5. The Balaban J connectivity index is 1.66. The molecule has 166 valence electrons. The van der Waals surface area contributed by atoms with Crippen LogP contribution in [-0.2, 0) is 9.59 Å². The molecule has 0 aliphatic carbocycles. The topological polar surface area (TPSA) is 88.2 Å². The molecule has 0 aliphatic heterocycles. The van der Waals surface area contributed by atoms with Crippen LogP contribution in [0.5, 0.6) is 0 Å². The van der Waals surface area contributed by atoms with E-state index in [0.29, 0.717) is 23.4 Å². The molecule has 1 aromatic heterocycles. The first-order valence-corrected chi connectivity index (χ1v) is 11.6. The molecule has 7 heteroatoms. The quantitative estimate of drug-likeness (QED) is 0.399. The van der Waals surface area contributed by atoms with Gasteiger partial charge >= 0.3 is 0 Å². The van der Waals surface area contributed by atoms with Gasteiger partial charge in [0.15, 0.2) is 0 Å². The lowest BCUT2D eigenvalue weighted by Crippen LogP contribution is -2.43. The Bertz CT molecular complexity index is 1040. The standard InChI is InChI=1S/C25H27N3O3S/c1-18(29)9-4-2-7-14-22(28-25(31)23-16-26-17-32-23)24(30)27-21-13-8-12-20(15-21)19-10-5-3-6-11-19/h3,5-6,8,10-13,15-17,22H,2,4,7,9,14H2,1H3,(H,27,30)(H,28,31)/t22-/m0/s1. The second kappa shape index (κ2) is 11.9. The van der Waals surface area contributed by atoms with Crippen molar-refractivity contribution >= 4 is 34.6 Å². The lowest BCUT2D eigenvalue weighted by atomic mass is 10.0. The minimum atomic E-state index is -0.678. The summed E-state index contributed by atoms with van der Waals surface area (Å²) in [6.45, 7) is 1.58. The number of ketones is 1. The Morgan fingerprint density at radius 1 is 0.969 bits per heavy atom. The smallest absolute Gasteiger partial charge is 0.263 e. The molecule has 0 aliphatic rings. The predicted molar refractivity (Wildman–Crippen MR) is 128 cm³/mol. The Labute approximate surface area is 192 Å². The van der Waals surface area contributed by atoms with Crippen molar-refractivity contribution in [2.45, 2.75) is 45.1 Å². The Morgan fingerprint density at radius 2 is 1.75 bits per heavy atom. The summed E-state index contributed by atoms with van der Waals surface area (Å²) < 4.78 is 0. The van der Waals surface area contributed by atoms with Crippen LogP contribution in [0.3, 0.4) is 0 Å². The average Bonchev–Trinajstić information content (AvgIpc) is 3.34. The van der Waals surface area contributed by atoms with Crippen LogP contribution in [-0.4, -0.2) is 28.6 Å². The fraction of sp³-hybridized carbons (Fsp3) is 0.280. The molecule has 0 bridgehead atoms. The zero-order valence-electron chi connectivity index (χ0n) is 18.0. The third-order valence-corrected chi connectivity index (χ3v) is 5.81. The van der Waals surface area contributed by atoms with Crippen molar-refractivity contribution in [3.05, 3.63) is 71.2 Å². The van der Waals surface area contributed by atoms with Crippen LogP contribution < -0.4 is 10.6 Å². The van der Waals surface area contributed by atoms with Gasteiger partial charge < -0.3 is 15.4 Å². The summed E-state index contributed by atoms with van der Waals surface area (Å²) in [6, 6.07) is 16.9. The van der Waals surface area contributed by atoms with Gasteiger partial charge in [-0.3, -0.25) is 14.6 Å². The van der Waals surface area contributed by atoms with E-state index in [1.807, 2.05) is 54.6 Å². The van der Waals surface area contributed by atoms with Gasteiger partial charge in [0, 0.05) is 12.1 Å². The minimum Gasteiger partial charge on any atom is -0.339 e. The monoisotopic (exact) mass is 449 g/mol. The molecular formula is C25H27N3O3S. The Morgan fingerprint density at radius 3 is 2.47 bits per heavy atom. The van der Waals surface area contributed by atoms with E-state index in [2.05, 4.69) is 15.6 Å². The van der Waals surface area contributed by atoms with Gasteiger partial charge in [0.25, 0.3) is 5.91 Å². The number of nitrogens with one attached hydrogen (secondary N) is 2. The van der Waals surface area contributed by atoms with E-state index >= 15 is 0 Å². The SMILES string of the molecule is CC(=O)CCCCC[C@H](NC(=O)c1cncs1)C(=O)Nc1cccc(-c2ccccc2)c1. The molecule has 0 spiro atoms. The summed E-state index contributed by atoms with van der Waals surface area (Å²) in [6.07, 6.45) is 4.86. The van der Waals surface area contributed by atoms with Crippen molar-refractivity contribution in [1.82, 2.24) is 10.3 Å². The fourth-order valence-corrected chi connectivity index (χ4v) is 3.88. The number of carbonyl (C=O) groups excluding carboxylic acids is 3. The van der Waals surface area contributed by atoms with E-state index in [0.717, 1.165) is 30.4 Å². The summed E-state index contributed by atoms with van der Waals surface area (Å²) in [5.41, 5.74) is 4.31. The molecule has 0 unspecified atom stereocenters. The maximum absolute atomic E-state index is 13.0. The van der Waals surface area contributed by atoms with Crippen molar-refractivity contribution in [3.63, 3.8) is 0 Å². The normalized spacial score (nSPS) is 11.5. The molecule has 0 radical (unpaired) electrons. The van der Waals surface area contributed by atoms with Crippen LogP contribution in [0, 0.1) is 0 Å². The van der Waals surface area contributed by atoms with E-state index in [-0.39, 0.29) is 17.6 Å². The van der Waals surface area contributed by atoms with Crippen molar-refractivity contribution in [1.29, 1.82) is 0 Å². The number of carbonyl (C=O) groups is 3. The van der Waals surface area contributed by atoms with Crippen molar-refractivity contribution in [2.24, 2.45) is 0 Å². The molecule has 2 aromatic carbocycles. The molecule has 1 heterocycles. The van der Waals surface area contributed by atoms with E-state index < -0.39 is 6.04 Å². The zero-order valence-corrected chi connectivity index (χ0v) is 18.9. The number of anilines is 1. The second-order valence-electron chi connectivity index (χ2n) is 7.63. The van der Waals surface area contributed by atoms with E-state index in [4.69, 9.17) is 0 Å². The van der Waals surface area contributed by atoms with Gasteiger partial charge in [-0.25, -0.2) is 0 Å². The number of rotatable bonds is 11. The van der Waals surface area contributed by atoms with Crippen LogP contribution >= 0.6 is 11.3 Å². The number of unbranched alkanes of at least 4 members (excludes halogenated alkanes) is 2. The number of benzene rings is 2. The molecule has 2 amide bonds. The third kappa shape index (κ3) is 7.13. The summed E-state index contributed by atoms with van der Waals surface area (Å²) >= 11 is 1.23. The molecular weight excluding hydrogens is 422 g/mol. The van der Waals surface area contributed by atoms with Gasteiger partial charge in [-0.05, 0) is 43.0 Å². The highest BCUT2D eigenvalue weighted by atomic mass is 32.1. The number of Topliss-reactive ketones (excluding diaryl/α,β-unsaturated/α-hetero) is 1. The van der Waals surface area contributed by atoms with Gasteiger partial charge in [-0.15, -0.1) is 11.3 Å². The van der Waals surface area contributed by atoms with E-state index in [1.165, 1.54) is 17.5 Å². The molecule has 3 rings (SSSR count). The molecule has 0 saturated carbocycles. The van der Waals surface area contributed by atoms with Gasteiger partial charge in [-0.1, -0.05) is 55.3 Å². The molecule has 0 fully saturated rings. The maximum Gasteiger partial charge on any atom is 0.263 e. The number of thiazole rings is 1. The molecule has 6 nitrogen and oxygen atoms in total. The minimum absolute atomic E-state index is 0.163. The van der Waals surface area contributed by atoms with Crippen LogP contribution in [0.2, 0.25) is 0 Å². The van der Waals surface area contributed by atoms with Crippen LogP contribution in [0.4, 0.5) is 5.69 Å². The second-order valence-corrected chi connectivity index (χ2v) is 8.52. The number of hydrogen-bond donors (Lipinski definition) is 2. The van der Waals surface area contributed by atoms with Crippen molar-refractivity contribution in [3.8, 4) is 11.1 Å². The van der Waals surface area contributed by atoms with Crippen molar-refractivity contribution < 1.29 is 14.4 Å². The summed E-state index contributed by atoms with van der Waals surface area (Å²) in [5, 5.41) is 5.78. The van der Waals surface area contributed by atoms with E-state index in [1.54, 1.807) is 12.4 Å². The van der Waals surface area contributed by atoms with Gasteiger partial charge in [0.2, 0.25) is 5.91 Å². The fourth-order valence-electron chi connectivity index (χ4n) is 3.36. The third-order valence-electron chi connectivity index (χ3n) is 5.04. The molecule has 3 aromatic rings. The van der Waals surface area contributed by atoms with Gasteiger partial charge in [-0.2, -0.15) is 0 Å². The van der Waals surface area contributed by atoms with Crippen molar-refractivity contribution in [2.75, 3.05) is 5.32 Å². The largest absolute Gasteiger partial charge is 0.339 e. The van der Waals surface area contributed by atoms with Crippen LogP contribution in [0.25, 0.3) is 11.1 Å². The highest BCUT2D eigenvalue weighted by molar-refractivity contribution is 7.11. The first-order valence-electron chi connectivity index (χ1n) is 10.7. The molecule has 1 atom stereocenters. The molecule has 2 N–H and O–H groups in total. The molecule has 0 saturated heterocycles. The van der Waals surface area contributed by atoms with E-state index in [9.17, 15) is 14.4 Å². The number of amides is 2. The lowest BCUT2D eigenvalue weighted by molar-refractivity contribution is -0.118. The van der Waals surface area contributed by atoms with Crippen LogP contribution in [0.15, 0.2) is 66.3 Å². The Hall–Kier alpha value is -3.32. The van der Waals surface area contributed by atoms with Crippen LogP contribution in [0.1, 0.15) is 48.7 Å². The maximum atomic E-state index is 13.0. The van der Waals surface area contributed by atoms with Gasteiger partial charge in [0.05, 0.1) is 11.7 Å². The number of nitrogens with zero attached hydrogens (tertiary/aromatic N) is 1. The summed E-state index contributed by atoms with van der Waals surface area (Å²) in [7, 11) is 0. The predicted octanol–water partition coefficient (Wildman–Crippen LogP) is 5.09. The Kier molecular flexibility index (Phi) is 8.69. The van der Waals surface area contributed by atoms with Gasteiger partial charge in [0.1, 0.15) is 16.7 Å². The first kappa shape index (κ1) is 23.3. The highest BCUT2D eigenvalue weighted by Crippen LogP contribution is 2.22. The number of aromatic nitrogens is 1. The average molecular weight is 450 g/mol. The lowest BCUT2D eigenvalue weighted by Gasteiger charge is -2.18. The summed E-state index contributed by atoms with van der Waals surface area (Å²) in [4.78, 5) is 41.1.